The van der Waals surface area contributed by atoms with E-state index < -0.39 is 18.4 Å². The van der Waals surface area contributed by atoms with Gasteiger partial charge in [-0.15, -0.1) is 0 Å². The van der Waals surface area contributed by atoms with Gasteiger partial charge in [0.05, 0.1) is 29.7 Å². The molecule has 2 aromatic rings. The Morgan fingerprint density at radius 3 is 2.90 bits per heavy atom. The minimum Gasteiger partial charge on any atom is -0.471 e. The number of halogens is 1. The summed E-state index contributed by atoms with van der Waals surface area (Å²) in [5, 5.41) is 8.12. The van der Waals surface area contributed by atoms with Crippen LogP contribution in [0.3, 0.4) is 0 Å². The Hall–Kier alpha value is -3.04. The Labute approximate surface area is 179 Å². The van der Waals surface area contributed by atoms with Crippen molar-refractivity contribution < 1.29 is 18.7 Å². The van der Waals surface area contributed by atoms with Gasteiger partial charge in [-0.2, -0.15) is 10.2 Å². The molecule has 4 heterocycles. The largest absolute Gasteiger partial charge is 0.471 e. The maximum atomic E-state index is 14.9. The second-order valence-corrected chi connectivity index (χ2v) is 8.62. The van der Waals surface area contributed by atoms with Gasteiger partial charge in [0, 0.05) is 25.9 Å². The minimum atomic E-state index is -1.33. The molecular weight excluding hydrogens is 403 g/mol. The molecule has 1 saturated carbocycles. The molecular formula is C21H25FN6O3. The first-order valence-electron chi connectivity index (χ1n) is 10.6. The van der Waals surface area contributed by atoms with Gasteiger partial charge in [-0.3, -0.25) is 0 Å². The number of ether oxygens (including phenoxy) is 2. The molecule has 2 fully saturated rings. The summed E-state index contributed by atoms with van der Waals surface area (Å²) in [5.41, 5.74) is 2.25. The SMILES string of the molecule is Cc1c(OC2CCN(C(=O)OC3(C)CC3)CC2F)ncnc1N1CCc2nnccc21. The molecule has 0 N–H and O–H groups in total. The molecule has 0 radical (unpaired) electrons. The fourth-order valence-electron chi connectivity index (χ4n) is 4.03. The topological polar surface area (TPSA) is 93.6 Å². The number of aromatic nitrogens is 4. The fraction of sp³-hybridized carbons (Fsp3) is 0.571. The van der Waals surface area contributed by atoms with Crippen molar-refractivity contribution in [3.05, 3.63) is 29.8 Å². The van der Waals surface area contributed by atoms with Crippen LogP contribution in [0.4, 0.5) is 20.7 Å². The molecule has 31 heavy (non-hydrogen) atoms. The Bertz CT molecular complexity index is 1000. The van der Waals surface area contributed by atoms with Crippen LogP contribution in [0.25, 0.3) is 0 Å². The quantitative estimate of drug-likeness (QED) is 0.734. The molecule has 2 unspecified atom stereocenters. The molecule has 164 valence electrons. The van der Waals surface area contributed by atoms with E-state index in [4.69, 9.17) is 9.47 Å². The zero-order valence-corrected chi connectivity index (χ0v) is 17.6. The first-order valence-corrected chi connectivity index (χ1v) is 10.6. The van der Waals surface area contributed by atoms with Crippen LogP contribution in [0.5, 0.6) is 5.88 Å². The highest BCUT2D eigenvalue weighted by Gasteiger charge is 2.44. The van der Waals surface area contributed by atoms with Crippen molar-refractivity contribution in [3.8, 4) is 5.88 Å². The number of piperidine rings is 1. The normalized spacial score (nSPS) is 24.0. The van der Waals surface area contributed by atoms with E-state index in [0.29, 0.717) is 24.7 Å². The lowest BCUT2D eigenvalue weighted by Crippen LogP contribution is -2.50. The number of alkyl halides is 1. The Morgan fingerprint density at radius 1 is 1.29 bits per heavy atom. The summed E-state index contributed by atoms with van der Waals surface area (Å²) in [6, 6.07) is 1.91. The number of hydrogen-bond donors (Lipinski definition) is 0. The minimum absolute atomic E-state index is 0.0469. The number of hydrogen-bond acceptors (Lipinski definition) is 8. The van der Waals surface area contributed by atoms with Crippen LogP contribution in [0.15, 0.2) is 18.6 Å². The van der Waals surface area contributed by atoms with Crippen LogP contribution < -0.4 is 9.64 Å². The van der Waals surface area contributed by atoms with Gasteiger partial charge in [0.15, 0.2) is 6.17 Å². The monoisotopic (exact) mass is 428 g/mol. The summed E-state index contributed by atoms with van der Waals surface area (Å²) in [5.74, 6) is 1.07. The molecule has 9 nitrogen and oxygen atoms in total. The van der Waals surface area contributed by atoms with Crippen LogP contribution >= 0.6 is 0 Å². The van der Waals surface area contributed by atoms with Gasteiger partial charge in [-0.25, -0.2) is 19.2 Å². The van der Waals surface area contributed by atoms with E-state index in [2.05, 4.69) is 25.1 Å². The van der Waals surface area contributed by atoms with Gasteiger partial charge < -0.3 is 19.3 Å². The predicted molar refractivity (Wildman–Crippen MR) is 109 cm³/mol. The van der Waals surface area contributed by atoms with E-state index in [1.165, 1.54) is 11.2 Å². The van der Waals surface area contributed by atoms with Gasteiger partial charge in [-0.1, -0.05) is 0 Å². The van der Waals surface area contributed by atoms with Gasteiger partial charge in [0.2, 0.25) is 5.88 Å². The van der Waals surface area contributed by atoms with Crippen molar-refractivity contribution in [1.29, 1.82) is 0 Å². The van der Waals surface area contributed by atoms with Crippen molar-refractivity contribution in [1.82, 2.24) is 25.1 Å². The van der Waals surface area contributed by atoms with E-state index in [9.17, 15) is 9.18 Å². The third-order valence-electron chi connectivity index (χ3n) is 6.19. The van der Waals surface area contributed by atoms with Crippen molar-refractivity contribution in [2.75, 3.05) is 24.5 Å². The zero-order valence-electron chi connectivity index (χ0n) is 17.6. The lowest BCUT2D eigenvalue weighted by atomic mass is 10.1. The fourth-order valence-corrected chi connectivity index (χ4v) is 4.03. The average Bonchev–Trinajstić information content (AvgIpc) is 3.32. The molecule has 2 aromatic heterocycles. The molecule has 1 aliphatic carbocycles. The number of nitrogens with zero attached hydrogens (tertiary/aromatic N) is 6. The highest BCUT2D eigenvalue weighted by atomic mass is 19.1. The van der Waals surface area contributed by atoms with Gasteiger partial charge in [0.25, 0.3) is 0 Å². The van der Waals surface area contributed by atoms with E-state index >= 15 is 0 Å². The van der Waals surface area contributed by atoms with Crippen LogP contribution in [0.1, 0.15) is 37.4 Å². The molecule has 1 saturated heterocycles. The van der Waals surface area contributed by atoms with Crippen molar-refractivity contribution in [2.45, 2.75) is 57.4 Å². The van der Waals surface area contributed by atoms with Crippen LogP contribution in [-0.4, -0.2) is 68.7 Å². The molecule has 10 heteroatoms. The van der Waals surface area contributed by atoms with Gasteiger partial charge in [-0.05, 0) is 32.8 Å². The molecule has 0 aromatic carbocycles. The number of fused-ring (bicyclic) bond motifs is 1. The lowest BCUT2D eigenvalue weighted by molar-refractivity contribution is 0.00202. The maximum Gasteiger partial charge on any atom is 0.410 e. The third-order valence-corrected chi connectivity index (χ3v) is 6.19. The van der Waals surface area contributed by atoms with E-state index in [0.717, 1.165) is 42.8 Å². The van der Waals surface area contributed by atoms with Crippen LogP contribution in [0, 0.1) is 6.92 Å². The Balaban J connectivity index is 1.27. The second kappa shape index (κ2) is 7.58. The second-order valence-electron chi connectivity index (χ2n) is 8.62. The summed E-state index contributed by atoms with van der Waals surface area (Å²) in [6.07, 6.45) is 3.50. The number of amides is 1. The van der Waals surface area contributed by atoms with Gasteiger partial charge in [0.1, 0.15) is 23.9 Å². The summed E-state index contributed by atoms with van der Waals surface area (Å²) in [7, 11) is 0. The zero-order chi connectivity index (χ0) is 21.6. The number of carbonyl (C=O) groups excluding carboxylic acids is 1. The van der Waals surface area contributed by atoms with E-state index in [1.54, 1.807) is 6.20 Å². The van der Waals surface area contributed by atoms with Gasteiger partial charge >= 0.3 is 6.09 Å². The van der Waals surface area contributed by atoms with Crippen molar-refractivity contribution >= 4 is 17.6 Å². The standard InChI is InChI=1S/C21H25FN6O3/c1-13-18(28-10-4-15-16(28)3-8-25-26-15)23-12-24-19(13)30-17-5-9-27(11-14(17)22)20(29)31-21(2)6-7-21/h3,8,12,14,17H,4-7,9-11H2,1-2H3. The predicted octanol–water partition coefficient (Wildman–Crippen LogP) is 2.75. The molecule has 5 rings (SSSR count). The molecule has 1 amide bonds. The summed E-state index contributed by atoms with van der Waals surface area (Å²) in [4.78, 5) is 24.4. The lowest BCUT2D eigenvalue weighted by Gasteiger charge is -2.34. The number of rotatable bonds is 4. The summed E-state index contributed by atoms with van der Waals surface area (Å²) < 4.78 is 26.3. The third kappa shape index (κ3) is 3.86. The first kappa shape index (κ1) is 19.9. The Kier molecular flexibility index (Phi) is 4.86. The maximum absolute atomic E-state index is 14.9. The summed E-state index contributed by atoms with van der Waals surface area (Å²) in [6.45, 7) is 4.84. The highest BCUT2D eigenvalue weighted by molar-refractivity contribution is 5.69. The van der Waals surface area contributed by atoms with E-state index in [-0.39, 0.29) is 12.1 Å². The molecule has 2 atom stereocenters. The number of anilines is 2. The molecule has 0 spiro atoms. The average molecular weight is 428 g/mol. The summed E-state index contributed by atoms with van der Waals surface area (Å²) >= 11 is 0. The molecule has 2 aliphatic heterocycles. The number of carbonyl (C=O) groups is 1. The highest BCUT2D eigenvalue weighted by Crippen LogP contribution is 2.39. The number of likely N-dealkylation sites (tertiary alicyclic amines) is 1. The Morgan fingerprint density at radius 2 is 2.13 bits per heavy atom. The smallest absolute Gasteiger partial charge is 0.410 e. The van der Waals surface area contributed by atoms with Crippen LogP contribution in [-0.2, 0) is 11.2 Å². The molecule has 0 bridgehead atoms. The van der Waals surface area contributed by atoms with E-state index in [1.807, 2.05) is 19.9 Å². The van der Waals surface area contributed by atoms with Crippen molar-refractivity contribution in [3.63, 3.8) is 0 Å². The molecule has 3 aliphatic rings. The first-order chi connectivity index (χ1) is 14.9. The van der Waals surface area contributed by atoms with Crippen LogP contribution in [0.2, 0.25) is 0 Å². The van der Waals surface area contributed by atoms with Crippen molar-refractivity contribution in [2.24, 2.45) is 0 Å².